The van der Waals surface area contributed by atoms with E-state index in [4.69, 9.17) is 4.42 Å². The van der Waals surface area contributed by atoms with E-state index in [1.165, 1.54) is 5.56 Å². The van der Waals surface area contributed by atoms with Crippen molar-refractivity contribution in [3.05, 3.63) is 59.0 Å². The number of aliphatic hydroxyl groups excluding tert-OH is 1. The van der Waals surface area contributed by atoms with Gasteiger partial charge >= 0.3 is 0 Å². The molecule has 1 aromatic carbocycles. The van der Waals surface area contributed by atoms with Crippen LogP contribution in [0.2, 0.25) is 0 Å². The molecule has 0 saturated heterocycles. The van der Waals surface area contributed by atoms with Crippen molar-refractivity contribution in [3.8, 4) is 0 Å². The standard InChI is InChI=1S/C14H15NO2/c1-9-6-7-17-14(9)13(16)12-11-5-3-2-4-10(11)8-15-12/h2-7,12-13,15-16H,8H2,1H3. The van der Waals surface area contributed by atoms with Crippen molar-refractivity contribution in [2.24, 2.45) is 0 Å². The molecule has 0 bridgehead atoms. The molecule has 3 heteroatoms. The van der Waals surface area contributed by atoms with Crippen LogP contribution in [0, 0.1) is 6.92 Å². The summed E-state index contributed by atoms with van der Waals surface area (Å²) >= 11 is 0. The summed E-state index contributed by atoms with van der Waals surface area (Å²) in [6.45, 7) is 2.75. The van der Waals surface area contributed by atoms with Gasteiger partial charge in [-0.15, -0.1) is 0 Å². The minimum absolute atomic E-state index is 0.0731. The molecule has 0 saturated carbocycles. The third-order valence-corrected chi connectivity index (χ3v) is 3.39. The van der Waals surface area contributed by atoms with Crippen LogP contribution < -0.4 is 5.32 Å². The molecule has 1 aromatic heterocycles. The number of hydrogen-bond donors (Lipinski definition) is 2. The number of furan rings is 1. The van der Waals surface area contributed by atoms with Gasteiger partial charge in [0.15, 0.2) is 0 Å². The van der Waals surface area contributed by atoms with Gasteiger partial charge in [-0.05, 0) is 29.7 Å². The summed E-state index contributed by atoms with van der Waals surface area (Å²) in [5.41, 5.74) is 3.40. The first-order valence-electron chi connectivity index (χ1n) is 5.80. The highest BCUT2D eigenvalue weighted by Crippen LogP contribution is 2.36. The smallest absolute Gasteiger partial charge is 0.137 e. The van der Waals surface area contributed by atoms with Gasteiger partial charge in [0.1, 0.15) is 11.9 Å². The van der Waals surface area contributed by atoms with Crippen LogP contribution >= 0.6 is 0 Å². The highest BCUT2D eigenvalue weighted by Gasteiger charge is 2.31. The quantitative estimate of drug-likeness (QED) is 0.831. The first kappa shape index (κ1) is 10.6. The third-order valence-electron chi connectivity index (χ3n) is 3.39. The van der Waals surface area contributed by atoms with E-state index in [1.54, 1.807) is 6.26 Å². The Morgan fingerprint density at radius 1 is 1.35 bits per heavy atom. The molecule has 2 atom stereocenters. The number of rotatable bonds is 2. The Balaban J connectivity index is 1.95. The van der Waals surface area contributed by atoms with Crippen LogP contribution in [0.5, 0.6) is 0 Å². The molecule has 17 heavy (non-hydrogen) atoms. The van der Waals surface area contributed by atoms with Gasteiger partial charge in [-0.25, -0.2) is 0 Å². The fourth-order valence-corrected chi connectivity index (χ4v) is 2.45. The lowest BCUT2D eigenvalue weighted by molar-refractivity contribution is 0.108. The predicted molar refractivity (Wildman–Crippen MR) is 64.4 cm³/mol. The average molecular weight is 229 g/mol. The van der Waals surface area contributed by atoms with E-state index in [2.05, 4.69) is 17.4 Å². The second-order valence-electron chi connectivity index (χ2n) is 4.47. The summed E-state index contributed by atoms with van der Waals surface area (Å²) in [4.78, 5) is 0. The van der Waals surface area contributed by atoms with Crippen LogP contribution in [-0.4, -0.2) is 5.11 Å². The molecule has 2 N–H and O–H groups in total. The molecule has 3 rings (SSSR count). The van der Waals surface area contributed by atoms with Crippen molar-refractivity contribution in [1.29, 1.82) is 0 Å². The van der Waals surface area contributed by atoms with Crippen LogP contribution in [0.25, 0.3) is 0 Å². The molecule has 0 fully saturated rings. The minimum Gasteiger partial charge on any atom is -0.466 e. The fourth-order valence-electron chi connectivity index (χ4n) is 2.45. The monoisotopic (exact) mass is 229 g/mol. The molecule has 2 unspecified atom stereocenters. The van der Waals surface area contributed by atoms with Crippen molar-refractivity contribution < 1.29 is 9.52 Å². The summed E-state index contributed by atoms with van der Waals surface area (Å²) < 4.78 is 5.36. The molecule has 2 aromatic rings. The van der Waals surface area contributed by atoms with Crippen LogP contribution in [-0.2, 0) is 6.54 Å². The van der Waals surface area contributed by atoms with Crippen molar-refractivity contribution in [2.75, 3.05) is 0 Å². The van der Waals surface area contributed by atoms with Crippen LogP contribution in [0.3, 0.4) is 0 Å². The van der Waals surface area contributed by atoms with Gasteiger partial charge in [0.2, 0.25) is 0 Å². The lowest BCUT2D eigenvalue weighted by Gasteiger charge is -2.18. The minimum atomic E-state index is -0.631. The molecule has 88 valence electrons. The largest absolute Gasteiger partial charge is 0.466 e. The Bertz CT molecular complexity index is 533. The van der Waals surface area contributed by atoms with Crippen molar-refractivity contribution in [3.63, 3.8) is 0 Å². The van der Waals surface area contributed by atoms with Crippen molar-refractivity contribution >= 4 is 0 Å². The van der Waals surface area contributed by atoms with Crippen molar-refractivity contribution in [2.45, 2.75) is 25.6 Å². The second-order valence-corrected chi connectivity index (χ2v) is 4.47. The molecule has 0 radical (unpaired) electrons. The molecule has 3 nitrogen and oxygen atoms in total. The lowest BCUT2D eigenvalue weighted by atomic mass is 9.98. The first-order chi connectivity index (χ1) is 8.27. The van der Waals surface area contributed by atoms with Gasteiger partial charge in [-0.1, -0.05) is 24.3 Å². The Morgan fingerprint density at radius 2 is 2.18 bits per heavy atom. The van der Waals surface area contributed by atoms with E-state index in [-0.39, 0.29) is 6.04 Å². The Labute approximate surface area is 100 Å². The van der Waals surface area contributed by atoms with E-state index in [0.717, 1.165) is 17.7 Å². The first-order valence-corrected chi connectivity index (χ1v) is 5.80. The zero-order valence-electron chi connectivity index (χ0n) is 9.68. The Hall–Kier alpha value is -1.58. The second kappa shape index (κ2) is 4.02. The highest BCUT2D eigenvalue weighted by molar-refractivity contribution is 5.36. The van der Waals surface area contributed by atoms with E-state index in [1.807, 2.05) is 25.1 Å². The molecule has 0 amide bonds. The van der Waals surface area contributed by atoms with E-state index >= 15 is 0 Å². The zero-order valence-corrected chi connectivity index (χ0v) is 9.68. The zero-order chi connectivity index (χ0) is 11.8. The number of fused-ring (bicyclic) bond motifs is 1. The van der Waals surface area contributed by atoms with Gasteiger partial charge in [0, 0.05) is 6.54 Å². The summed E-state index contributed by atoms with van der Waals surface area (Å²) in [6.07, 6.45) is 0.989. The number of benzene rings is 1. The number of aryl methyl sites for hydroxylation is 1. The fraction of sp³-hybridized carbons (Fsp3) is 0.286. The average Bonchev–Trinajstić information content (AvgIpc) is 2.94. The van der Waals surface area contributed by atoms with Gasteiger partial charge < -0.3 is 14.8 Å². The molecular formula is C14H15NO2. The SMILES string of the molecule is Cc1ccoc1C(O)C1NCc2ccccc21. The van der Waals surface area contributed by atoms with Crippen LogP contribution in [0.15, 0.2) is 41.0 Å². The van der Waals surface area contributed by atoms with E-state index in [0.29, 0.717) is 5.76 Å². The maximum absolute atomic E-state index is 10.4. The summed E-state index contributed by atoms with van der Waals surface area (Å²) in [7, 11) is 0. The Morgan fingerprint density at radius 3 is 2.94 bits per heavy atom. The molecule has 0 aliphatic carbocycles. The van der Waals surface area contributed by atoms with Crippen LogP contribution in [0.4, 0.5) is 0 Å². The van der Waals surface area contributed by atoms with Crippen LogP contribution in [0.1, 0.15) is 34.6 Å². The number of nitrogens with one attached hydrogen (secondary N) is 1. The molecular weight excluding hydrogens is 214 g/mol. The number of aliphatic hydroxyl groups is 1. The van der Waals surface area contributed by atoms with E-state index in [9.17, 15) is 5.11 Å². The van der Waals surface area contributed by atoms with E-state index < -0.39 is 6.10 Å². The molecule has 1 aliphatic heterocycles. The summed E-state index contributed by atoms with van der Waals surface area (Å²) in [6, 6.07) is 9.97. The topological polar surface area (TPSA) is 45.4 Å². The molecule has 0 spiro atoms. The van der Waals surface area contributed by atoms with Crippen molar-refractivity contribution in [1.82, 2.24) is 5.32 Å². The lowest BCUT2D eigenvalue weighted by Crippen LogP contribution is -2.20. The highest BCUT2D eigenvalue weighted by atomic mass is 16.4. The van der Waals surface area contributed by atoms with Gasteiger partial charge in [-0.3, -0.25) is 0 Å². The van der Waals surface area contributed by atoms with Gasteiger partial charge in [-0.2, -0.15) is 0 Å². The Kier molecular flexibility index (Phi) is 2.50. The normalized spacial score (nSPS) is 20.2. The maximum Gasteiger partial charge on any atom is 0.137 e. The summed E-state index contributed by atoms with van der Waals surface area (Å²) in [5.74, 6) is 0.652. The number of hydrogen-bond acceptors (Lipinski definition) is 3. The molecule has 2 heterocycles. The molecule has 1 aliphatic rings. The van der Waals surface area contributed by atoms with Gasteiger partial charge in [0.25, 0.3) is 0 Å². The summed E-state index contributed by atoms with van der Waals surface area (Å²) in [5, 5.41) is 13.7. The third kappa shape index (κ3) is 1.68. The maximum atomic E-state index is 10.4. The van der Waals surface area contributed by atoms with Gasteiger partial charge in [0.05, 0.1) is 12.3 Å². The predicted octanol–water partition coefficient (Wildman–Crippen LogP) is 2.47.